The fourth-order valence-electron chi connectivity index (χ4n) is 1.38. The summed E-state index contributed by atoms with van der Waals surface area (Å²) in [7, 11) is 0. The average Bonchev–Trinajstić information content (AvgIpc) is 2.41. The van der Waals surface area contributed by atoms with Crippen LogP contribution in [0.3, 0.4) is 0 Å². The van der Waals surface area contributed by atoms with Crippen LogP contribution in [0, 0.1) is 0 Å². The minimum Gasteiger partial charge on any atom is -0.444 e. The van der Waals surface area contributed by atoms with E-state index in [-0.39, 0.29) is 5.91 Å². The van der Waals surface area contributed by atoms with Crippen LogP contribution in [0.2, 0.25) is 0 Å². The molecule has 2 amide bonds. The number of carbonyl (C=O) groups is 2. The van der Waals surface area contributed by atoms with Crippen LogP contribution >= 0.6 is 0 Å². The molecule has 2 N–H and O–H groups in total. The van der Waals surface area contributed by atoms with E-state index < -0.39 is 11.7 Å². The first-order chi connectivity index (χ1) is 9.88. The van der Waals surface area contributed by atoms with Gasteiger partial charge in [0.1, 0.15) is 5.60 Å². The topological polar surface area (TPSA) is 80.3 Å². The Hall–Kier alpha value is -2.37. The van der Waals surface area contributed by atoms with Gasteiger partial charge in [-0.1, -0.05) is 12.2 Å². The summed E-state index contributed by atoms with van der Waals surface area (Å²) in [5.74, 6) is -0.165. The van der Waals surface area contributed by atoms with E-state index in [1.165, 1.54) is 0 Å². The molecule has 0 radical (unpaired) electrons. The van der Waals surface area contributed by atoms with Gasteiger partial charge in [-0.05, 0) is 32.9 Å². The van der Waals surface area contributed by atoms with Crippen LogP contribution in [0.5, 0.6) is 0 Å². The molecule has 0 unspecified atom stereocenters. The fourth-order valence-corrected chi connectivity index (χ4v) is 1.38. The average molecular weight is 291 g/mol. The lowest BCUT2D eigenvalue weighted by Crippen LogP contribution is -2.32. The Bertz CT molecular complexity index is 493. The summed E-state index contributed by atoms with van der Waals surface area (Å²) >= 11 is 0. The Kier molecular flexibility index (Phi) is 6.39. The van der Waals surface area contributed by atoms with Crippen LogP contribution in [-0.2, 0) is 4.74 Å². The monoisotopic (exact) mass is 291 g/mol. The van der Waals surface area contributed by atoms with Crippen LogP contribution in [0.25, 0.3) is 0 Å². The highest BCUT2D eigenvalue weighted by atomic mass is 16.6. The number of rotatable bonds is 5. The molecule has 0 fully saturated rings. The summed E-state index contributed by atoms with van der Waals surface area (Å²) in [4.78, 5) is 26.9. The minimum absolute atomic E-state index is 0.165. The van der Waals surface area contributed by atoms with E-state index >= 15 is 0 Å². The van der Waals surface area contributed by atoms with E-state index in [0.29, 0.717) is 18.7 Å². The smallest absolute Gasteiger partial charge is 0.407 e. The summed E-state index contributed by atoms with van der Waals surface area (Å²) < 4.78 is 5.08. The van der Waals surface area contributed by atoms with Crippen molar-refractivity contribution in [3.05, 3.63) is 42.2 Å². The van der Waals surface area contributed by atoms with Crippen LogP contribution < -0.4 is 10.6 Å². The number of ether oxygens (including phenoxy) is 1. The number of nitrogens with one attached hydrogen (secondary N) is 2. The molecule has 0 atom stereocenters. The summed E-state index contributed by atoms with van der Waals surface area (Å²) in [6, 6.07) is 3.28. The lowest BCUT2D eigenvalue weighted by molar-refractivity contribution is 0.0534. The lowest BCUT2D eigenvalue weighted by atomic mass is 10.2. The minimum atomic E-state index is -0.508. The number of aromatic nitrogens is 1. The van der Waals surface area contributed by atoms with Gasteiger partial charge in [-0.2, -0.15) is 0 Å². The predicted molar refractivity (Wildman–Crippen MR) is 79.9 cm³/mol. The first kappa shape index (κ1) is 16.7. The third kappa shape index (κ3) is 7.71. The molecule has 1 heterocycles. The van der Waals surface area contributed by atoms with E-state index in [9.17, 15) is 9.59 Å². The van der Waals surface area contributed by atoms with Crippen molar-refractivity contribution >= 4 is 12.0 Å². The van der Waals surface area contributed by atoms with Crippen molar-refractivity contribution in [3.63, 3.8) is 0 Å². The largest absolute Gasteiger partial charge is 0.444 e. The van der Waals surface area contributed by atoms with Gasteiger partial charge in [0.25, 0.3) is 5.91 Å². The quantitative estimate of drug-likeness (QED) is 0.812. The third-order valence-corrected chi connectivity index (χ3v) is 2.25. The number of pyridine rings is 1. The molecule has 21 heavy (non-hydrogen) atoms. The van der Waals surface area contributed by atoms with Gasteiger partial charge in [-0.15, -0.1) is 0 Å². The summed E-state index contributed by atoms with van der Waals surface area (Å²) in [6.45, 7) is 6.14. The van der Waals surface area contributed by atoms with E-state index in [1.807, 2.05) is 0 Å². The predicted octanol–water partition coefficient (Wildman–Crippen LogP) is 1.89. The number of hydrogen-bond donors (Lipinski definition) is 2. The summed E-state index contributed by atoms with van der Waals surface area (Å²) in [5.41, 5.74) is 0.0528. The Morgan fingerprint density at radius 1 is 1.14 bits per heavy atom. The maximum absolute atomic E-state index is 11.7. The Morgan fingerprint density at radius 2 is 1.71 bits per heavy atom. The van der Waals surface area contributed by atoms with E-state index in [1.54, 1.807) is 57.4 Å². The second-order valence-corrected chi connectivity index (χ2v) is 5.30. The van der Waals surface area contributed by atoms with Crippen LogP contribution in [0.4, 0.5) is 4.79 Å². The van der Waals surface area contributed by atoms with Gasteiger partial charge >= 0.3 is 6.09 Å². The number of alkyl carbamates (subject to hydrolysis) is 1. The molecule has 114 valence electrons. The highest BCUT2D eigenvalue weighted by Crippen LogP contribution is 2.06. The Balaban J connectivity index is 2.18. The Morgan fingerprint density at radius 3 is 2.29 bits per heavy atom. The first-order valence-corrected chi connectivity index (χ1v) is 6.68. The zero-order valence-electron chi connectivity index (χ0n) is 12.6. The standard InChI is InChI=1S/C15H21N3O3/c1-15(2,3)21-14(20)18-9-5-4-8-17-13(19)12-6-10-16-11-7-12/h4-7,10-11H,8-9H2,1-3H3,(H,17,19)(H,18,20)/b5-4+. The maximum atomic E-state index is 11.7. The third-order valence-electron chi connectivity index (χ3n) is 2.25. The Labute approximate surface area is 124 Å². The number of carbonyl (C=O) groups excluding carboxylic acids is 2. The fraction of sp³-hybridized carbons (Fsp3) is 0.400. The highest BCUT2D eigenvalue weighted by molar-refractivity contribution is 5.94. The van der Waals surface area contributed by atoms with Crippen LogP contribution in [0.15, 0.2) is 36.7 Å². The van der Waals surface area contributed by atoms with Crippen LogP contribution in [-0.4, -0.2) is 35.7 Å². The molecule has 0 bridgehead atoms. The SMILES string of the molecule is CC(C)(C)OC(=O)NC/C=C/CNC(=O)c1ccncc1. The van der Waals surface area contributed by atoms with Gasteiger partial charge in [-0.25, -0.2) is 4.79 Å². The van der Waals surface area contributed by atoms with Crippen molar-refractivity contribution in [2.75, 3.05) is 13.1 Å². The maximum Gasteiger partial charge on any atom is 0.407 e. The second-order valence-electron chi connectivity index (χ2n) is 5.30. The molecule has 0 aromatic carbocycles. The van der Waals surface area contributed by atoms with Gasteiger partial charge in [0.2, 0.25) is 0 Å². The molecule has 0 saturated heterocycles. The van der Waals surface area contributed by atoms with E-state index in [0.717, 1.165) is 0 Å². The summed E-state index contributed by atoms with van der Waals surface area (Å²) in [6.07, 6.45) is 6.17. The number of hydrogen-bond acceptors (Lipinski definition) is 4. The second kappa shape index (κ2) is 8.04. The van der Waals surface area contributed by atoms with Gasteiger partial charge in [0.15, 0.2) is 0 Å². The van der Waals surface area contributed by atoms with Crippen molar-refractivity contribution in [2.24, 2.45) is 0 Å². The van der Waals surface area contributed by atoms with Gasteiger partial charge in [-0.3, -0.25) is 9.78 Å². The highest BCUT2D eigenvalue weighted by Gasteiger charge is 2.14. The molecule has 0 aliphatic heterocycles. The van der Waals surface area contributed by atoms with Crippen molar-refractivity contribution in [1.82, 2.24) is 15.6 Å². The van der Waals surface area contributed by atoms with Crippen molar-refractivity contribution in [3.8, 4) is 0 Å². The molecule has 1 aromatic rings. The molecule has 0 saturated carbocycles. The molecule has 1 aromatic heterocycles. The van der Waals surface area contributed by atoms with Crippen molar-refractivity contribution in [1.29, 1.82) is 0 Å². The van der Waals surface area contributed by atoms with E-state index in [2.05, 4.69) is 15.6 Å². The lowest BCUT2D eigenvalue weighted by Gasteiger charge is -2.19. The molecule has 0 spiro atoms. The molecule has 6 heteroatoms. The zero-order valence-corrected chi connectivity index (χ0v) is 12.6. The summed E-state index contributed by atoms with van der Waals surface area (Å²) in [5, 5.41) is 5.32. The van der Waals surface area contributed by atoms with Crippen molar-refractivity contribution < 1.29 is 14.3 Å². The zero-order chi connectivity index (χ0) is 15.7. The van der Waals surface area contributed by atoms with Crippen molar-refractivity contribution in [2.45, 2.75) is 26.4 Å². The molecule has 0 aliphatic rings. The molecule has 0 aliphatic carbocycles. The normalized spacial score (nSPS) is 11.2. The molecule has 1 rings (SSSR count). The first-order valence-electron chi connectivity index (χ1n) is 6.68. The van der Waals surface area contributed by atoms with Gasteiger partial charge in [0.05, 0.1) is 0 Å². The number of amides is 2. The van der Waals surface area contributed by atoms with Gasteiger partial charge in [0, 0.05) is 31.0 Å². The number of nitrogens with zero attached hydrogens (tertiary/aromatic N) is 1. The molecular weight excluding hydrogens is 270 g/mol. The molecule has 6 nitrogen and oxygen atoms in total. The van der Waals surface area contributed by atoms with Crippen LogP contribution in [0.1, 0.15) is 31.1 Å². The van der Waals surface area contributed by atoms with E-state index in [4.69, 9.17) is 4.74 Å². The van der Waals surface area contributed by atoms with Gasteiger partial charge < -0.3 is 15.4 Å². The molecular formula is C15H21N3O3.